The minimum absolute atomic E-state index is 0.0139. The summed E-state index contributed by atoms with van der Waals surface area (Å²) in [5, 5.41) is 9.62. The Morgan fingerprint density at radius 2 is 1.92 bits per heavy atom. The van der Waals surface area contributed by atoms with E-state index in [1.54, 1.807) is 0 Å². The third-order valence-electron chi connectivity index (χ3n) is 2.03. The van der Waals surface area contributed by atoms with Crippen LogP contribution in [0.5, 0.6) is 0 Å². The number of nitrogens with zero attached hydrogens (tertiary/aromatic N) is 1. The second-order valence-electron chi connectivity index (χ2n) is 2.92. The number of carbonyl (C=O) groups excluding carboxylic acids is 2. The van der Waals surface area contributed by atoms with Crippen LogP contribution in [0.4, 0.5) is 0 Å². The van der Waals surface area contributed by atoms with Gasteiger partial charge >= 0.3 is 11.8 Å². The number of quaternary nitrogens is 1. The van der Waals surface area contributed by atoms with Gasteiger partial charge in [0.2, 0.25) is 0 Å². The van der Waals surface area contributed by atoms with Crippen LogP contribution in [0, 0.1) is 0 Å². The van der Waals surface area contributed by atoms with E-state index in [4.69, 9.17) is 0 Å². The van der Waals surface area contributed by atoms with Crippen LogP contribution >= 0.6 is 24.8 Å². The van der Waals surface area contributed by atoms with Gasteiger partial charge in [-0.3, -0.25) is 0 Å². The van der Waals surface area contributed by atoms with Crippen molar-refractivity contribution in [1.29, 1.82) is 0 Å². The predicted octanol–water partition coefficient (Wildman–Crippen LogP) is 0.687. The summed E-state index contributed by atoms with van der Waals surface area (Å²) in [6.07, 6.45) is 0.524. The lowest BCUT2D eigenvalue weighted by molar-refractivity contribution is -0.970. The number of hydroxylamine groups is 3. The van der Waals surface area contributed by atoms with E-state index in [1.165, 1.54) is 0 Å². The molecule has 0 aromatic carbocycles. The summed E-state index contributed by atoms with van der Waals surface area (Å²) in [6.45, 7) is 0.0139. The molecule has 4 nitrogen and oxygen atoms in total. The fraction of sp³-hybridized carbons (Fsp3) is 0.571. The van der Waals surface area contributed by atoms with Crippen molar-refractivity contribution in [3.8, 4) is 0 Å². The van der Waals surface area contributed by atoms with E-state index >= 15 is 0 Å². The van der Waals surface area contributed by atoms with Crippen LogP contribution < -0.4 is 0 Å². The molecule has 6 heteroatoms. The van der Waals surface area contributed by atoms with Crippen molar-refractivity contribution in [3.63, 3.8) is 0 Å². The van der Waals surface area contributed by atoms with Crippen molar-refractivity contribution in [2.45, 2.75) is 19.3 Å². The molecular formula is C7H10NO3S2+. The maximum Gasteiger partial charge on any atom is 0.353 e. The van der Waals surface area contributed by atoms with Crippen molar-refractivity contribution >= 4 is 40.9 Å². The molecule has 1 fully saturated rings. The van der Waals surface area contributed by atoms with E-state index in [-0.39, 0.29) is 25.8 Å². The van der Waals surface area contributed by atoms with Crippen LogP contribution in [0.1, 0.15) is 19.3 Å². The molecule has 0 aromatic rings. The average Bonchev–Trinajstić information content (AvgIpc) is 2.31. The number of thiol groups is 1. The van der Waals surface area contributed by atoms with Crippen molar-refractivity contribution < 1.29 is 19.4 Å². The Bertz CT molecular complexity index is 261. The molecule has 0 spiro atoms. The van der Waals surface area contributed by atoms with Crippen molar-refractivity contribution in [2.75, 3.05) is 6.54 Å². The average molecular weight is 220 g/mol. The highest BCUT2D eigenvalue weighted by Gasteiger charge is 2.49. The first kappa shape index (κ1) is 10.8. The quantitative estimate of drug-likeness (QED) is 0.241. The number of likely N-dealkylation sites (tertiary alicyclic amines) is 1. The van der Waals surface area contributed by atoms with Gasteiger partial charge in [0.1, 0.15) is 6.54 Å². The molecule has 1 aliphatic rings. The second kappa shape index (κ2) is 3.83. The van der Waals surface area contributed by atoms with Crippen molar-refractivity contribution in [3.05, 3.63) is 0 Å². The molecule has 1 N–H and O–H groups in total. The third kappa shape index (κ3) is 2.14. The minimum atomic E-state index is -1.10. The number of hydrogen-bond donors (Lipinski definition) is 2. The number of thiocarbonyl (C=S) groups is 1. The molecule has 0 bridgehead atoms. The SMILES string of the molecule is O=C1CCC(=O)[N+]1(O)CCC(=S)S. The summed E-state index contributed by atoms with van der Waals surface area (Å²) >= 11 is 8.53. The molecule has 1 heterocycles. The molecule has 0 atom stereocenters. The van der Waals surface area contributed by atoms with E-state index in [0.717, 1.165) is 0 Å². The first-order valence-corrected chi connectivity index (χ1v) is 4.72. The molecule has 72 valence electrons. The Kier molecular flexibility index (Phi) is 3.18. The number of carbonyl (C=O) groups is 2. The summed E-state index contributed by atoms with van der Waals surface area (Å²) in [5.74, 6) is -0.899. The summed E-state index contributed by atoms with van der Waals surface area (Å²) in [4.78, 5) is 22.3. The summed E-state index contributed by atoms with van der Waals surface area (Å²) in [7, 11) is 0. The molecule has 0 aliphatic carbocycles. The van der Waals surface area contributed by atoms with E-state index < -0.39 is 16.5 Å². The molecule has 0 saturated carbocycles. The first-order valence-electron chi connectivity index (χ1n) is 3.86. The molecule has 13 heavy (non-hydrogen) atoms. The Balaban J connectivity index is 2.68. The van der Waals surface area contributed by atoms with Gasteiger partial charge in [-0.15, -0.1) is 12.6 Å². The fourth-order valence-corrected chi connectivity index (χ4v) is 1.42. The van der Waals surface area contributed by atoms with E-state index in [2.05, 4.69) is 24.8 Å². The Hall–Kier alpha value is -0.300. The lowest BCUT2D eigenvalue weighted by atomic mass is 10.4. The van der Waals surface area contributed by atoms with Crippen molar-refractivity contribution in [2.24, 2.45) is 0 Å². The summed E-state index contributed by atoms with van der Waals surface area (Å²) in [6, 6.07) is 0. The Morgan fingerprint density at radius 3 is 2.31 bits per heavy atom. The molecule has 0 unspecified atom stereocenters. The zero-order valence-electron chi connectivity index (χ0n) is 6.89. The highest BCUT2D eigenvalue weighted by Crippen LogP contribution is 2.20. The first-order chi connectivity index (χ1) is 5.97. The van der Waals surface area contributed by atoms with Gasteiger partial charge in [-0.25, -0.2) is 14.8 Å². The Labute approximate surface area is 86.5 Å². The lowest BCUT2D eigenvalue weighted by Gasteiger charge is -2.18. The maximum atomic E-state index is 11.2. The smallest absolute Gasteiger partial charge is 0.227 e. The van der Waals surface area contributed by atoms with E-state index in [0.29, 0.717) is 4.20 Å². The van der Waals surface area contributed by atoms with Crippen LogP contribution in [0.3, 0.4) is 0 Å². The maximum absolute atomic E-state index is 11.2. The van der Waals surface area contributed by atoms with Gasteiger partial charge in [-0.2, -0.15) is 0 Å². The molecular weight excluding hydrogens is 210 g/mol. The number of hydrogen-bond acceptors (Lipinski definition) is 4. The molecule has 0 aromatic heterocycles. The third-order valence-corrected chi connectivity index (χ3v) is 2.45. The van der Waals surface area contributed by atoms with Crippen molar-refractivity contribution in [1.82, 2.24) is 0 Å². The van der Waals surface area contributed by atoms with Gasteiger partial charge in [0.05, 0.1) is 17.0 Å². The van der Waals surface area contributed by atoms with Gasteiger partial charge in [-0.05, 0) is 0 Å². The molecule has 2 amide bonds. The van der Waals surface area contributed by atoms with Crippen LogP contribution in [-0.4, -0.2) is 32.4 Å². The highest BCUT2D eigenvalue weighted by molar-refractivity contribution is 8.11. The van der Waals surface area contributed by atoms with Gasteiger partial charge in [0.25, 0.3) is 0 Å². The summed E-state index contributed by atoms with van der Waals surface area (Å²) in [5.41, 5.74) is 0. The normalized spacial score (nSPS) is 20.8. The second-order valence-corrected chi connectivity index (χ2v) is 4.26. The number of amides is 2. The molecule has 1 aliphatic heterocycles. The zero-order chi connectivity index (χ0) is 10.1. The standard InChI is InChI=1S/C7H9NO3S2/c9-5-1-2-6(10)8(5,11)4-3-7(12)13/h11H,1-4H2/p+1. The molecule has 1 rings (SSSR count). The fourth-order valence-electron chi connectivity index (χ4n) is 1.23. The van der Waals surface area contributed by atoms with Crippen LogP contribution in [0.25, 0.3) is 0 Å². The van der Waals surface area contributed by atoms with Gasteiger partial charge < -0.3 is 0 Å². The zero-order valence-corrected chi connectivity index (χ0v) is 8.61. The largest absolute Gasteiger partial charge is 0.353 e. The number of imide groups is 1. The van der Waals surface area contributed by atoms with E-state index in [9.17, 15) is 14.8 Å². The molecule has 1 saturated heterocycles. The number of rotatable bonds is 3. The molecule has 0 radical (unpaired) electrons. The van der Waals surface area contributed by atoms with E-state index in [1.807, 2.05) is 0 Å². The van der Waals surface area contributed by atoms with Crippen LogP contribution in [0.15, 0.2) is 0 Å². The van der Waals surface area contributed by atoms with Gasteiger partial charge in [-0.1, -0.05) is 16.9 Å². The highest BCUT2D eigenvalue weighted by atomic mass is 32.1. The van der Waals surface area contributed by atoms with Crippen LogP contribution in [-0.2, 0) is 9.59 Å². The Morgan fingerprint density at radius 1 is 1.46 bits per heavy atom. The van der Waals surface area contributed by atoms with Gasteiger partial charge in [0, 0.05) is 6.42 Å². The minimum Gasteiger partial charge on any atom is -0.227 e. The predicted molar refractivity (Wildman–Crippen MR) is 52.4 cm³/mol. The van der Waals surface area contributed by atoms with Crippen LogP contribution in [0.2, 0.25) is 0 Å². The topological polar surface area (TPSA) is 54.4 Å². The summed E-state index contributed by atoms with van der Waals surface area (Å²) < 4.78 is -0.709. The monoisotopic (exact) mass is 220 g/mol. The van der Waals surface area contributed by atoms with Gasteiger partial charge in [0.15, 0.2) is 0 Å². The lowest BCUT2D eigenvalue weighted by Crippen LogP contribution is -2.50.